The van der Waals surface area contributed by atoms with Crippen LogP contribution in [-0.4, -0.2) is 33.6 Å². The Labute approximate surface area is 113 Å². The number of rotatable bonds is 5. The molecular formula is C14H20N2O3. The number of aliphatic hydroxyl groups is 1. The highest BCUT2D eigenvalue weighted by Crippen LogP contribution is 2.24. The molecule has 1 fully saturated rings. The molecule has 0 radical (unpaired) electrons. The lowest BCUT2D eigenvalue weighted by molar-refractivity contribution is -0.384. The molecule has 1 aromatic rings. The van der Waals surface area contributed by atoms with Gasteiger partial charge in [-0.15, -0.1) is 0 Å². The molecule has 5 heteroatoms. The minimum atomic E-state index is -0.379. The molecule has 2 unspecified atom stereocenters. The molecule has 0 bridgehead atoms. The molecule has 0 aliphatic carbocycles. The van der Waals surface area contributed by atoms with Crippen LogP contribution in [0.3, 0.4) is 0 Å². The van der Waals surface area contributed by atoms with E-state index in [1.165, 1.54) is 0 Å². The number of hydrogen-bond donors (Lipinski definition) is 1. The molecule has 19 heavy (non-hydrogen) atoms. The van der Waals surface area contributed by atoms with Crippen molar-refractivity contribution in [2.45, 2.75) is 44.9 Å². The molecule has 1 saturated heterocycles. The molecule has 0 saturated carbocycles. The normalized spacial score (nSPS) is 21.5. The number of non-ortho nitro benzene ring substituents is 1. The van der Waals surface area contributed by atoms with Gasteiger partial charge in [-0.2, -0.15) is 0 Å². The van der Waals surface area contributed by atoms with Gasteiger partial charge in [0.05, 0.1) is 11.0 Å². The third-order valence-corrected chi connectivity index (χ3v) is 3.65. The van der Waals surface area contributed by atoms with Gasteiger partial charge in [0.25, 0.3) is 5.69 Å². The first kappa shape index (κ1) is 14.0. The number of benzene rings is 1. The van der Waals surface area contributed by atoms with Gasteiger partial charge in [0, 0.05) is 24.7 Å². The van der Waals surface area contributed by atoms with Crippen molar-refractivity contribution in [2.75, 3.05) is 6.54 Å². The van der Waals surface area contributed by atoms with E-state index < -0.39 is 0 Å². The Morgan fingerprint density at radius 1 is 1.47 bits per heavy atom. The molecule has 1 aliphatic heterocycles. The Bertz CT molecular complexity index is 431. The highest BCUT2D eigenvalue weighted by molar-refractivity contribution is 5.32. The van der Waals surface area contributed by atoms with Crippen LogP contribution in [0.15, 0.2) is 24.3 Å². The van der Waals surface area contributed by atoms with E-state index in [9.17, 15) is 15.2 Å². The molecular weight excluding hydrogens is 244 g/mol. The van der Waals surface area contributed by atoms with Gasteiger partial charge in [0.1, 0.15) is 0 Å². The van der Waals surface area contributed by atoms with E-state index in [2.05, 4.69) is 4.90 Å². The van der Waals surface area contributed by atoms with Crippen LogP contribution in [0.2, 0.25) is 0 Å². The number of aliphatic hydroxyl groups excluding tert-OH is 1. The van der Waals surface area contributed by atoms with Gasteiger partial charge in [-0.1, -0.05) is 12.1 Å². The topological polar surface area (TPSA) is 66.6 Å². The minimum absolute atomic E-state index is 0.130. The van der Waals surface area contributed by atoms with Gasteiger partial charge >= 0.3 is 0 Å². The van der Waals surface area contributed by atoms with Crippen molar-refractivity contribution in [1.82, 2.24) is 4.90 Å². The fraction of sp³-hybridized carbons (Fsp3) is 0.571. The number of likely N-dealkylation sites (tertiary alicyclic amines) is 1. The van der Waals surface area contributed by atoms with Crippen LogP contribution in [0.5, 0.6) is 0 Å². The lowest BCUT2D eigenvalue weighted by atomic mass is 10.1. The first-order chi connectivity index (χ1) is 9.06. The zero-order chi connectivity index (χ0) is 13.8. The quantitative estimate of drug-likeness (QED) is 0.654. The third kappa shape index (κ3) is 3.75. The molecule has 5 nitrogen and oxygen atoms in total. The second-order valence-electron chi connectivity index (χ2n) is 5.27. The van der Waals surface area contributed by atoms with Crippen LogP contribution < -0.4 is 0 Å². The highest BCUT2D eigenvalue weighted by atomic mass is 16.6. The first-order valence-corrected chi connectivity index (χ1v) is 6.71. The van der Waals surface area contributed by atoms with E-state index in [0.29, 0.717) is 6.04 Å². The summed E-state index contributed by atoms with van der Waals surface area (Å²) in [6, 6.07) is 7.16. The SMILES string of the molecule is CC(O)CC1CCCN1Cc1ccc([N+](=O)[O-])cc1. The van der Waals surface area contributed by atoms with Crippen molar-refractivity contribution in [2.24, 2.45) is 0 Å². The zero-order valence-corrected chi connectivity index (χ0v) is 11.2. The second-order valence-corrected chi connectivity index (χ2v) is 5.27. The van der Waals surface area contributed by atoms with Crippen molar-refractivity contribution < 1.29 is 10.0 Å². The van der Waals surface area contributed by atoms with Crippen molar-refractivity contribution in [3.05, 3.63) is 39.9 Å². The average Bonchev–Trinajstić information content (AvgIpc) is 2.76. The molecule has 2 atom stereocenters. The fourth-order valence-corrected chi connectivity index (χ4v) is 2.72. The number of nitro groups is 1. The highest BCUT2D eigenvalue weighted by Gasteiger charge is 2.25. The van der Waals surface area contributed by atoms with Gasteiger partial charge in [0.2, 0.25) is 0 Å². The fourth-order valence-electron chi connectivity index (χ4n) is 2.72. The Morgan fingerprint density at radius 2 is 2.16 bits per heavy atom. The maximum absolute atomic E-state index is 10.6. The lowest BCUT2D eigenvalue weighted by Gasteiger charge is -2.25. The maximum atomic E-state index is 10.6. The molecule has 0 amide bonds. The first-order valence-electron chi connectivity index (χ1n) is 6.71. The smallest absolute Gasteiger partial charge is 0.269 e. The Balaban J connectivity index is 1.98. The molecule has 1 aromatic carbocycles. The summed E-state index contributed by atoms with van der Waals surface area (Å²) in [7, 11) is 0. The van der Waals surface area contributed by atoms with Gasteiger partial charge in [-0.25, -0.2) is 0 Å². The summed E-state index contributed by atoms with van der Waals surface area (Å²) >= 11 is 0. The molecule has 1 heterocycles. The number of nitrogens with zero attached hydrogens (tertiary/aromatic N) is 2. The van der Waals surface area contributed by atoms with E-state index in [1.807, 2.05) is 19.1 Å². The minimum Gasteiger partial charge on any atom is -0.393 e. The monoisotopic (exact) mass is 264 g/mol. The number of hydrogen-bond acceptors (Lipinski definition) is 4. The predicted octanol–water partition coefficient (Wildman–Crippen LogP) is 2.33. The van der Waals surface area contributed by atoms with Crippen LogP contribution in [0, 0.1) is 10.1 Å². The molecule has 0 spiro atoms. The molecule has 104 valence electrons. The van der Waals surface area contributed by atoms with Gasteiger partial charge in [0.15, 0.2) is 0 Å². The van der Waals surface area contributed by atoms with Crippen molar-refractivity contribution in [3.63, 3.8) is 0 Å². The van der Waals surface area contributed by atoms with E-state index in [0.717, 1.165) is 37.9 Å². The zero-order valence-electron chi connectivity index (χ0n) is 11.2. The summed E-state index contributed by atoms with van der Waals surface area (Å²) in [5, 5.41) is 20.1. The summed E-state index contributed by atoms with van der Waals surface area (Å²) in [4.78, 5) is 12.6. The van der Waals surface area contributed by atoms with Crippen LogP contribution in [-0.2, 0) is 6.54 Å². The largest absolute Gasteiger partial charge is 0.393 e. The molecule has 1 N–H and O–H groups in total. The summed E-state index contributed by atoms with van der Waals surface area (Å²) < 4.78 is 0. The van der Waals surface area contributed by atoms with Crippen molar-refractivity contribution in [3.8, 4) is 0 Å². The standard InChI is InChI=1S/C14H20N2O3/c1-11(17)9-14-3-2-8-15(14)10-12-4-6-13(7-5-12)16(18)19/h4-7,11,14,17H,2-3,8-10H2,1H3. The van der Waals surface area contributed by atoms with Crippen LogP contribution in [0.1, 0.15) is 31.7 Å². The Kier molecular flexibility index (Phi) is 4.50. The summed E-state index contributed by atoms with van der Waals surface area (Å²) in [5.74, 6) is 0. The Morgan fingerprint density at radius 3 is 2.74 bits per heavy atom. The maximum Gasteiger partial charge on any atom is 0.269 e. The Hall–Kier alpha value is -1.46. The van der Waals surface area contributed by atoms with E-state index >= 15 is 0 Å². The van der Waals surface area contributed by atoms with Gasteiger partial charge in [-0.3, -0.25) is 15.0 Å². The summed E-state index contributed by atoms with van der Waals surface area (Å²) in [6.45, 7) is 3.66. The van der Waals surface area contributed by atoms with Crippen molar-refractivity contribution in [1.29, 1.82) is 0 Å². The van der Waals surface area contributed by atoms with Gasteiger partial charge < -0.3 is 5.11 Å². The summed E-state index contributed by atoms with van der Waals surface area (Å²) in [6.07, 6.45) is 2.80. The second kappa shape index (κ2) is 6.12. The average molecular weight is 264 g/mol. The van der Waals surface area contributed by atoms with E-state index in [1.54, 1.807) is 12.1 Å². The van der Waals surface area contributed by atoms with Crippen LogP contribution >= 0.6 is 0 Å². The van der Waals surface area contributed by atoms with Crippen molar-refractivity contribution >= 4 is 5.69 Å². The molecule has 1 aliphatic rings. The lowest BCUT2D eigenvalue weighted by Crippen LogP contribution is -2.31. The van der Waals surface area contributed by atoms with Gasteiger partial charge in [-0.05, 0) is 38.3 Å². The summed E-state index contributed by atoms with van der Waals surface area (Å²) in [5.41, 5.74) is 1.22. The molecule has 0 aromatic heterocycles. The van der Waals surface area contributed by atoms with Crippen LogP contribution in [0.25, 0.3) is 0 Å². The number of nitro benzene ring substituents is 1. The molecule has 2 rings (SSSR count). The predicted molar refractivity (Wildman–Crippen MR) is 72.8 cm³/mol. The van der Waals surface area contributed by atoms with E-state index in [-0.39, 0.29) is 16.7 Å². The van der Waals surface area contributed by atoms with E-state index in [4.69, 9.17) is 0 Å². The third-order valence-electron chi connectivity index (χ3n) is 3.65. The van der Waals surface area contributed by atoms with Crippen LogP contribution in [0.4, 0.5) is 5.69 Å².